The van der Waals surface area contributed by atoms with Crippen LogP contribution in [0.15, 0.2) is 59.1 Å². The minimum Gasteiger partial charge on any atom is -0.373 e. The molecule has 0 spiro atoms. The molecule has 1 nitrogen and oxygen atoms in total. The van der Waals surface area contributed by atoms with Gasteiger partial charge in [0, 0.05) is 29.2 Å². The third-order valence-electron chi connectivity index (χ3n) is 3.41. The highest BCUT2D eigenvalue weighted by Gasteiger charge is 2.32. The van der Waals surface area contributed by atoms with Crippen LogP contribution in [-0.4, -0.2) is 13.6 Å². The summed E-state index contributed by atoms with van der Waals surface area (Å²) in [5, 5.41) is 0. The van der Waals surface area contributed by atoms with Crippen molar-refractivity contribution < 1.29 is 0 Å². The lowest BCUT2D eigenvalue weighted by atomic mass is 9.87. The van der Waals surface area contributed by atoms with E-state index in [2.05, 4.69) is 66.0 Å². The van der Waals surface area contributed by atoms with E-state index in [1.807, 2.05) is 30.3 Å². The number of para-hydroxylation sites is 1. The molecule has 0 radical (unpaired) electrons. The molecule has 0 amide bonds. The van der Waals surface area contributed by atoms with Crippen LogP contribution in [-0.2, 0) is 5.41 Å². The molecule has 0 fully saturated rings. The van der Waals surface area contributed by atoms with Gasteiger partial charge in [0.25, 0.3) is 0 Å². The van der Waals surface area contributed by atoms with Crippen molar-refractivity contribution >= 4 is 21.6 Å². The molecule has 0 atom stereocenters. The zero-order valence-corrected chi connectivity index (χ0v) is 13.3. The molecule has 2 aromatic carbocycles. The van der Waals surface area contributed by atoms with Gasteiger partial charge in [0.15, 0.2) is 0 Å². The molecule has 0 aliphatic carbocycles. The van der Waals surface area contributed by atoms with Crippen molar-refractivity contribution in [3.63, 3.8) is 0 Å². The van der Waals surface area contributed by atoms with E-state index in [4.69, 9.17) is 0 Å². The summed E-state index contributed by atoms with van der Waals surface area (Å²) in [5.41, 5.74) is 3.20. The molecule has 100 valence electrons. The summed E-state index contributed by atoms with van der Waals surface area (Å²) in [7, 11) is 2.16. The van der Waals surface area contributed by atoms with Crippen LogP contribution in [0.4, 0.5) is 5.69 Å². The fourth-order valence-corrected chi connectivity index (χ4v) is 2.86. The van der Waals surface area contributed by atoms with Crippen LogP contribution in [0, 0.1) is 0 Å². The number of nitrogens with zero attached hydrogens (tertiary/aromatic N) is 1. The Hall–Kier alpha value is -1.28. The van der Waals surface area contributed by atoms with Crippen molar-refractivity contribution in [3.05, 3.63) is 64.6 Å². The zero-order valence-electron chi connectivity index (χ0n) is 11.7. The van der Waals surface area contributed by atoms with Gasteiger partial charge in [0.2, 0.25) is 0 Å². The first-order valence-corrected chi connectivity index (χ1v) is 7.31. The lowest BCUT2D eigenvalue weighted by Gasteiger charge is -2.18. The van der Waals surface area contributed by atoms with Crippen LogP contribution in [0.1, 0.15) is 19.4 Å². The first kappa shape index (κ1) is 14.1. The van der Waals surface area contributed by atoms with Crippen molar-refractivity contribution in [2.75, 3.05) is 18.5 Å². The first-order valence-electron chi connectivity index (χ1n) is 6.52. The van der Waals surface area contributed by atoms with Crippen LogP contribution in [0.5, 0.6) is 0 Å². The lowest BCUT2D eigenvalue weighted by Crippen LogP contribution is -2.24. The molecular formula is C17H20BrN. The molecule has 0 saturated heterocycles. The van der Waals surface area contributed by atoms with Gasteiger partial charge in [-0.3, -0.25) is 0 Å². The van der Waals surface area contributed by atoms with Crippen LogP contribution in [0.3, 0.4) is 0 Å². The van der Waals surface area contributed by atoms with E-state index in [1.165, 1.54) is 11.3 Å². The maximum Gasteiger partial charge on any atom is 0.0402 e. The summed E-state index contributed by atoms with van der Waals surface area (Å²) >= 11 is 3.31. The van der Waals surface area contributed by atoms with Crippen LogP contribution < -0.4 is 4.90 Å². The highest BCUT2D eigenvalue weighted by molar-refractivity contribution is 9.10. The number of hydrogen-bond donors (Lipinski definition) is 0. The van der Waals surface area contributed by atoms with Crippen molar-refractivity contribution in [3.8, 4) is 0 Å². The third-order valence-corrected chi connectivity index (χ3v) is 3.94. The van der Waals surface area contributed by atoms with Gasteiger partial charge in [0.1, 0.15) is 0 Å². The first-order chi connectivity index (χ1) is 9.00. The molecule has 0 bridgehead atoms. The normalized spacial score (nSPS) is 15.5. The monoisotopic (exact) mass is 317 g/mol. The molecule has 2 aromatic rings. The number of benzene rings is 2. The number of hydrogen-bond acceptors (Lipinski definition) is 1. The van der Waals surface area contributed by atoms with E-state index in [1.54, 1.807) is 0 Å². The molecule has 0 unspecified atom stereocenters. The highest BCUT2D eigenvalue weighted by atomic mass is 79.9. The summed E-state index contributed by atoms with van der Waals surface area (Å²) in [6.45, 7) is 5.73. The van der Waals surface area contributed by atoms with Gasteiger partial charge in [0.05, 0.1) is 0 Å². The second-order valence-corrected chi connectivity index (χ2v) is 6.47. The maximum atomic E-state index is 3.31. The minimum atomic E-state index is 0.325. The van der Waals surface area contributed by atoms with Gasteiger partial charge in [-0.05, 0) is 23.8 Å². The van der Waals surface area contributed by atoms with Crippen molar-refractivity contribution in [2.24, 2.45) is 0 Å². The largest absolute Gasteiger partial charge is 0.373 e. The van der Waals surface area contributed by atoms with E-state index in [0.717, 1.165) is 11.0 Å². The molecule has 1 aliphatic rings. The minimum absolute atomic E-state index is 0.325. The Morgan fingerprint density at radius 3 is 2.05 bits per heavy atom. The quantitative estimate of drug-likeness (QED) is 0.670. The molecule has 2 heteroatoms. The summed E-state index contributed by atoms with van der Waals surface area (Å²) in [6.07, 6.45) is 0. The number of rotatable bonds is 0. The Kier molecular flexibility index (Phi) is 4.31. The zero-order chi connectivity index (χ0) is 13.9. The maximum absolute atomic E-state index is 3.31. The van der Waals surface area contributed by atoms with E-state index in [9.17, 15) is 0 Å². The fourth-order valence-electron chi connectivity index (χ4n) is 2.56. The standard InChI is InChI=1S/C11H15N.C6H5Br/c1-11(2)8-12(3)10-7-5-4-6-9(10)11;7-6-4-2-1-3-5-6/h4-7H,8H2,1-3H3;1-5H. The molecule has 1 heterocycles. The van der Waals surface area contributed by atoms with Crippen molar-refractivity contribution in [1.82, 2.24) is 0 Å². The van der Waals surface area contributed by atoms with Gasteiger partial charge >= 0.3 is 0 Å². The number of likely N-dealkylation sites (N-methyl/N-ethyl adjacent to an activating group) is 1. The fraction of sp³-hybridized carbons (Fsp3) is 0.294. The van der Waals surface area contributed by atoms with E-state index in [-0.39, 0.29) is 0 Å². The predicted octanol–water partition coefficient (Wildman–Crippen LogP) is 4.86. The highest BCUT2D eigenvalue weighted by Crippen LogP contribution is 2.38. The second-order valence-electron chi connectivity index (χ2n) is 5.55. The predicted molar refractivity (Wildman–Crippen MR) is 86.9 cm³/mol. The molecule has 0 N–H and O–H groups in total. The molecule has 3 rings (SSSR count). The molecule has 19 heavy (non-hydrogen) atoms. The molecular weight excluding hydrogens is 298 g/mol. The number of fused-ring (bicyclic) bond motifs is 1. The van der Waals surface area contributed by atoms with E-state index >= 15 is 0 Å². The number of halogens is 1. The topological polar surface area (TPSA) is 3.24 Å². The van der Waals surface area contributed by atoms with Gasteiger partial charge in [-0.15, -0.1) is 0 Å². The molecule has 0 saturated carbocycles. The summed E-state index contributed by atoms with van der Waals surface area (Å²) in [5.74, 6) is 0. The van der Waals surface area contributed by atoms with Gasteiger partial charge < -0.3 is 4.90 Å². The summed E-state index contributed by atoms with van der Waals surface area (Å²) in [6, 6.07) is 18.6. The van der Waals surface area contributed by atoms with Crippen LogP contribution in [0.2, 0.25) is 0 Å². The van der Waals surface area contributed by atoms with E-state index in [0.29, 0.717) is 5.41 Å². The molecule has 1 aliphatic heterocycles. The third kappa shape index (κ3) is 3.38. The number of anilines is 1. The van der Waals surface area contributed by atoms with Crippen molar-refractivity contribution in [2.45, 2.75) is 19.3 Å². The summed E-state index contributed by atoms with van der Waals surface area (Å²) < 4.78 is 1.13. The second kappa shape index (κ2) is 5.79. The molecule has 0 aromatic heterocycles. The Labute approximate surface area is 124 Å². The van der Waals surface area contributed by atoms with Crippen molar-refractivity contribution in [1.29, 1.82) is 0 Å². The Bertz CT molecular complexity index is 534. The van der Waals surface area contributed by atoms with Crippen LogP contribution in [0.25, 0.3) is 0 Å². The van der Waals surface area contributed by atoms with Gasteiger partial charge in [-0.1, -0.05) is 66.2 Å². The Morgan fingerprint density at radius 2 is 1.53 bits per heavy atom. The SMILES string of the molecule is Brc1ccccc1.CN1CC(C)(C)c2ccccc21. The Balaban J connectivity index is 0.000000163. The average molecular weight is 318 g/mol. The van der Waals surface area contributed by atoms with E-state index < -0.39 is 0 Å². The lowest BCUT2D eigenvalue weighted by molar-refractivity contribution is 0.563. The van der Waals surface area contributed by atoms with Gasteiger partial charge in [-0.2, -0.15) is 0 Å². The Morgan fingerprint density at radius 1 is 0.947 bits per heavy atom. The van der Waals surface area contributed by atoms with Gasteiger partial charge in [-0.25, -0.2) is 0 Å². The smallest absolute Gasteiger partial charge is 0.0402 e. The summed E-state index contributed by atoms with van der Waals surface area (Å²) in [4.78, 5) is 2.33. The van der Waals surface area contributed by atoms with Crippen LogP contribution >= 0.6 is 15.9 Å². The average Bonchev–Trinajstić information content (AvgIpc) is 2.62.